The number of carbonyl (C=O) groups excluding carboxylic acids is 1. The molecule has 0 saturated carbocycles. The monoisotopic (exact) mass is 321 g/mol. The molecule has 1 aromatic rings. The van der Waals surface area contributed by atoms with Crippen LogP contribution in [0.4, 0.5) is 10.5 Å². The number of hydrogen-bond acceptors (Lipinski definition) is 5. The topological polar surface area (TPSA) is 63.7 Å². The maximum absolute atomic E-state index is 12.3. The first-order chi connectivity index (χ1) is 11.2. The van der Waals surface area contributed by atoms with Crippen molar-refractivity contribution in [2.75, 3.05) is 38.3 Å². The molecule has 128 valence electrons. The Morgan fingerprint density at radius 2 is 2.22 bits per heavy atom. The van der Waals surface area contributed by atoms with E-state index in [2.05, 4.69) is 12.2 Å². The van der Waals surface area contributed by atoms with E-state index >= 15 is 0 Å². The van der Waals surface area contributed by atoms with Crippen molar-refractivity contribution in [1.82, 2.24) is 10.3 Å². The fraction of sp³-hybridized carbons (Fsp3) is 0.647. The van der Waals surface area contributed by atoms with Gasteiger partial charge in [0.2, 0.25) is 0 Å². The molecule has 23 heavy (non-hydrogen) atoms. The van der Waals surface area contributed by atoms with E-state index in [0.717, 1.165) is 36.3 Å². The molecule has 1 aliphatic rings. The molecule has 6 nitrogen and oxygen atoms in total. The lowest BCUT2D eigenvalue weighted by Gasteiger charge is -2.28. The molecule has 0 radical (unpaired) electrons. The van der Waals surface area contributed by atoms with Crippen molar-refractivity contribution in [2.24, 2.45) is 0 Å². The van der Waals surface area contributed by atoms with Crippen LogP contribution in [0.1, 0.15) is 44.1 Å². The number of anilines is 1. The predicted octanol–water partition coefficient (Wildman–Crippen LogP) is 2.68. The zero-order valence-electron chi connectivity index (χ0n) is 14.3. The third-order valence-electron chi connectivity index (χ3n) is 3.96. The van der Waals surface area contributed by atoms with Crippen LogP contribution < -0.4 is 10.2 Å². The Labute approximate surface area is 138 Å². The first kappa shape index (κ1) is 17.7. The van der Waals surface area contributed by atoms with Crippen molar-refractivity contribution < 1.29 is 14.3 Å². The van der Waals surface area contributed by atoms with Crippen LogP contribution in [0.25, 0.3) is 0 Å². The van der Waals surface area contributed by atoms with E-state index in [4.69, 9.17) is 14.5 Å². The second kappa shape index (κ2) is 8.84. The molecule has 1 unspecified atom stereocenters. The number of pyridine rings is 1. The van der Waals surface area contributed by atoms with Crippen LogP contribution in [-0.2, 0) is 15.9 Å². The largest absolute Gasteiger partial charge is 0.447 e. The normalized spacial score (nSPS) is 15.2. The Morgan fingerprint density at radius 3 is 2.96 bits per heavy atom. The molecule has 0 aromatic carbocycles. The van der Waals surface area contributed by atoms with Gasteiger partial charge in [-0.25, -0.2) is 4.79 Å². The first-order valence-electron chi connectivity index (χ1n) is 8.36. The summed E-state index contributed by atoms with van der Waals surface area (Å²) in [6, 6.07) is 4.13. The molecule has 1 aromatic heterocycles. The van der Waals surface area contributed by atoms with Crippen LogP contribution in [0.2, 0.25) is 0 Å². The maximum Gasteiger partial charge on any atom is 0.414 e. The van der Waals surface area contributed by atoms with E-state index in [9.17, 15) is 4.79 Å². The molecule has 2 heterocycles. The first-order valence-corrected chi connectivity index (χ1v) is 8.36. The number of nitrogens with zero attached hydrogens (tertiary/aromatic N) is 2. The van der Waals surface area contributed by atoms with Gasteiger partial charge in [-0.1, -0.05) is 6.92 Å². The third-order valence-corrected chi connectivity index (χ3v) is 3.96. The van der Waals surface area contributed by atoms with Gasteiger partial charge in [0.05, 0.1) is 23.7 Å². The molecule has 1 N–H and O–H groups in total. The molecule has 0 aliphatic carbocycles. The summed E-state index contributed by atoms with van der Waals surface area (Å²) in [5, 5.41) is 3.18. The molecule has 6 heteroatoms. The maximum atomic E-state index is 12.3. The molecule has 0 fully saturated rings. The lowest BCUT2D eigenvalue weighted by Crippen LogP contribution is -2.37. The number of aryl methyl sites for hydroxylation is 1. The van der Waals surface area contributed by atoms with Crippen molar-refractivity contribution >= 4 is 11.8 Å². The fourth-order valence-electron chi connectivity index (χ4n) is 2.56. The number of rotatable bonds is 7. The van der Waals surface area contributed by atoms with E-state index < -0.39 is 0 Å². The highest BCUT2D eigenvalue weighted by molar-refractivity contribution is 5.88. The highest BCUT2D eigenvalue weighted by Gasteiger charge is 2.25. The van der Waals surface area contributed by atoms with Gasteiger partial charge in [-0.15, -0.1) is 0 Å². The minimum Gasteiger partial charge on any atom is -0.447 e. The summed E-state index contributed by atoms with van der Waals surface area (Å²) in [6.45, 7) is 6.21. The van der Waals surface area contributed by atoms with E-state index in [1.807, 2.05) is 26.1 Å². The number of amides is 1. The van der Waals surface area contributed by atoms with Crippen LogP contribution in [0.5, 0.6) is 0 Å². The van der Waals surface area contributed by atoms with Gasteiger partial charge < -0.3 is 14.8 Å². The summed E-state index contributed by atoms with van der Waals surface area (Å²) in [4.78, 5) is 18.7. The summed E-state index contributed by atoms with van der Waals surface area (Å²) in [6.07, 6.45) is 2.44. The number of aromatic nitrogens is 1. The van der Waals surface area contributed by atoms with Crippen LogP contribution >= 0.6 is 0 Å². The Kier molecular flexibility index (Phi) is 6.80. The molecule has 0 bridgehead atoms. The van der Waals surface area contributed by atoms with Crippen molar-refractivity contribution in [1.29, 1.82) is 0 Å². The Hall–Kier alpha value is -1.66. The minimum atomic E-state index is -0.317. The van der Waals surface area contributed by atoms with Crippen LogP contribution in [0.3, 0.4) is 0 Å². The average Bonchev–Trinajstić information content (AvgIpc) is 2.59. The Bertz CT molecular complexity index is 522. The van der Waals surface area contributed by atoms with Crippen LogP contribution in [-0.4, -0.2) is 44.5 Å². The SMILES string of the molecule is CCCOCCOC(=O)N1CCCc2nc(C(C)NC)ccc21. The minimum absolute atomic E-state index is 0.193. The summed E-state index contributed by atoms with van der Waals surface area (Å²) in [5.41, 5.74) is 2.83. The average molecular weight is 321 g/mol. The van der Waals surface area contributed by atoms with Crippen LogP contribution in [0, 0.1) is 0 Å². The molecule has 1 aliphatic heterocycles. The summed E-state index contributed by atoms with van der Waals surface area (Å²) < 4.78 is 10.6. The number of hydrogen-bond donors (Lipinski definition) is 1. The van der Waals surface area contributed by atoms with Crippen LogP contribution in [0.15, 0.2) is 12.1 Å². The van der Waals surface area contributed by atoms with Crippen molar-refractivity contribution in [3.8, 4) is 0 Å². The van der Waals surface area contributed by atoms with Gasteiger partial charge in [-0.2, -0.15) is 0 Å². The van der Waals surface area contributed by atoms with Gasteiger partial charge in [-0.05, 0) is 45.4 Å². The van der Waals surface area contributed by atoms with E-state index in [1.54, 1.807) is 4.90 Å². The fourth-order valence-corrected chi connectivity index (χ4v) is 2.56. The van der Waals surface area contributed by atoms with Crippen molar-refractivity contribution in [3.63, 3.8) is 0 Å². The van der Waals surface area contributed by atoms with Gasteiger partial charge >= 0.3 is 6.09 Å². The lowest BCUT2D eigenvalue weighted by molar-refractivity contribution is 0.0757. The number of fused-ring (bicyclic) bond motifs is 1. The van der Waals surface area contributed by atoms with E-state index in [-0.39, 0.29) is 18.7 Å². The lowest BCUT2D eigenvalue weighted by atomic mass is 10.1. The molecule has 2 rings (SSSR count). The van der Waals surface area contributed by atoms with Gasteiger partial charge in [0, 0.05) is 19.2 Å². The van der Waals surface area contributed by atoms with Gasteiger partial charge in [-0.3, -0.25) is 9.88 Å². The smallest absolute Gasteiger partial charge is 0.414 e. The summed E-state index contributed by atoms with van der Waals surface area (Å²) in [7, 11) is 1.91. The van der Waals surface area contributed by atoms with E-state index in [1.165, 1.54) is 0 Å². The molecule has 0 saturated heterocycles. The molecule has 0 spiro atoms. The number of ether oxygens (including phenoxy) is 2. The van der Waals surface area contributed by atoms with Gasteiger partial charge in [0.15, 0.2) is 0 Å². The number of nitrogens with one attached hydrogen (secondary N) is 1. The predicted molar refractivity (Wildman–Crippen MR) is 89.8 cm³/mol. The van der Waals surface area contributed by atoms with Crippen molar-refractivity contribution in [2.45, 2.75) is 39.2 Å². The standard InChI is InChI=1S/C17H27N3O3/c1-4-10-22-11-12-23-17(21)20-9-5-6-15-16(20)8-7-14(19-15)13(2)18-3/h7-8,13,18H,4-6,9-12H2,1-3H3. The van der Waals surface area contributed by atoms with Gasteiger partial charge in [0.1, 0.15) is 6.61 Å². The van der Waals surface area contributed by atoms with E-state index in [0.29, 0.717) is 19.8 Å². The quantitative estimate of drug-likeness (QED) is 0.782. The summed E-state index contributed by atoms with van der Waals surface area (Å²) >= 11 is 0. The second-order valence-electron chi connectivity index (χ2n) is 5.69. The zero-order valence-corrected chi connectivity index (χ0v) is 14.3. The Morgan fingerprint density at radius 1 is 1.39 bits per heavy atom. The zero-order chi connectivity index (χ0) is 16.7. The molecular weight excluding hydrogens is 294 g/mol. The highest BCUT2D eigenvalue weighted by Crippen LogP contribution is 2.27. The molecule has 1 atom stereocenters. The number of carbonyl (C=O) groups is 1. The molecular formula is C17H27N3O3. The molecule has 1 amide bonds. The summed E-state index contributed by atoms with van der Waals surface area (Å²) in [5.74, 6) is 0. The highest BCUT2D eigenvalue weighted by atomic mass is 16.6. The van der Waals surface area contributed by atoms with Crippen molar-refractivity contribution in [3.05, 3.63) is 23.5 Å². The Balaban J connectivity index is 1.99. The van der Waals surface area contributed by atoms with Gasteiger partial charge in [0.25, 0.3) is 0 Å². The third kappa shape index (κ3) is 4.65. The second-order valence-corrected chi connectivity index (χ2v) is 5.69.